The summed E-state index contributed by atoms with van der Waals surface area (Å²) in [6.07, 6.45) is 4.50. The third-order valence-corrected chi connectivity index (χ3v) is 7.38. The standard InChI is InChI=1S/C20H33N3O3S/c1-5-23(6-2)27(25,26)19-13-11-17(12-14-19)15(3)21-16(4)20(24)22-18-9-7-8-10-18/h11-16,18,21H,5-10H2,1-4H3,(H,22,24)/t15-,16+/m0/s1. The van der Waals surface area contributed by atoms with Crippen LogP contribution >= 0.6 is 0 Å². The van der Waals surface area contributed by atoms with Crippen LogP contribution in [0.4, 0.5) is 0 Å². The molecule has 1 saturated carbocycles. The zero-order valence-corrected chi connectivity index (χ0v) is 17.7. The van der Waals surface area contributed by atoms with Gasteiger partial charge in [0.25, 0.3) is 0 Å². The lowest BCUT2D eigenvalue weighted by Gasteiger charge is -2.22. The van der Waals surface area contributed by atoms with E-state index in [-0.39, 0.29) is 18.0 Å². The second kappa shape index (κ2) is 9.66. The van der Waals surface area contributed by atoms with Crippen LogP contribution < -0.4 is 10.6 Å². The minimum atomic E-state index is -3.44. The first kappa shape index (κ1) is 21.9. The van der Waals surface area contributed by atoms with Crippen molar-refractivity contribution < 1.29 is 13.2 Å². The van der Waals surface area contributed by atoms with Gasteiger partial charge < -0.3 is 5.32 Å². The fourth-order valence-electron chi connectivity index (χ4n) is 3.58. The van der Waals surface area contributed by atoms with E-state index in [2.05, 4.69) is 10.6 Å². The first-order valence-electron chi connectivity index (χ1n) is 9.96. The van der Waals surface area contributed by atoms with E-state index >= 15 is 0 Å². The highest BCUT2D eigenvalue weighted by Crippen LogP contribution is 2.20. The van der Waals surface area contributed by atoms with Gasteiger partial charge in [0.15, 0.2) is 0 Å². The second-order valence-corrected chi connectivity index (χ2v) is 9.20. The summed E-state index contributed by atoms with van der Waals surface area (Å²) in [6.45, 7) is 8.41. The van der Waals surface area contributed by atoms with Gasteiger partial charge in [-0.3, -0.25) is 10.1 Å². The van der Waals surface area contributed by atoms with E-state index in [1.807, 2.05) is 39.8 Å². The summed E-state index contributed by atoms with van der Waals surface area (Å²) >= 11 is 0. The highest BCUT2D eigenvalue weighted by atomic mass is 32.2. The summed E-state index contributed by atoms with van der Waals surface area (Å²) < 4.78 is 26.6. The van der Waals surface area contributed by atoms with E-state index in [0.29, 0.717) is 24.0 Å². The van der Waals surface area contributed by atoms with E-state index in [4.69, 9.17) is 0 Å². The molecule has 0 bridgehead atoms. The molecule has 0 heterocycles. The average molecular weight is 396 g/mol. The van der Waals surface area contributed by atoms with E-state index in [9.17, 15) is 13.2 Å². The van der Waals surface area contributed by atoms with Gasteiger partial charge in [0.2, 0.25) is 15.9 Å². The van der Waals surface area contributed by atoms with Crippen LogP contribution in [0.5, 0.6) is 0 Å². The molecule has 2 N–H and O–H groups in total. The number of carbonyl (C=O) groups excluding carboxylic acids is 1. The Labute approximate surface area is 163 Å². The Morgan fingerprint density at radius 3 is 2.19 bits per heavy atom. The van der Waals surface area contributed by atoms with E-state index in [1.165, 1.54) is 17.1 Å². The van der Waals surface area contributed by atoms with E-state index < -0.39 is 10.0 Å². The molecule has 1 aromatic carbocycles. The van der Waals surface area contributed by atoms with Gasteiger partial charge in [0.1, 0.15) is 0 Å². The molecule has 1 aromatic rings. The van der Waals surface area contributed by atoms with Crippen LogP contribution in [0, 0.1) is 0 Å². The van der Waals surface area contributed by atoms with E-state index in [0.717, 1.165) is 18.4 Å². The van der Waals surface area contributed by atoms with Crippen LogP contribution in [-0.4, -0.2) is 43.8 Å². The minimum absolute atomic E-state index is 0.0227. The predicted octanol–water partition coefficient (Wildman–Crippen LogP) is 2.82. The summed E-state index contributed by atoms with van der Waals surface area (Å²) in [5, 5.41) is 6.40. The lowest BCUT2D eigenvalue weighted by atomic mass is 10.1. The van der Waals surface area contributed by atoms with Gasteiger partial charge in [-0.25, -0.2) is 8.42 Å². The summed E-state index contributed by atoms with van der Waals surface area (Å²) in [5.41, 5.74) is 0.953. The maximum absolute atomic E-state index is 12.6. The van der Waals surface area contributed by atoms with Gasteiger partial charge >= 0.3 is 0 Å². The van der Waals surface area contributed by atoms with Crippen molar-refractivity contribution >= 4 is 15.9 Å². The molecule has 27 heavy (non-hydrogen) atoms. The van der Waals surface area contributed by atoms with Crippen molar-refractivity contribution in [1.29, 1.82) is 0 Å². The fraction of sp³-hybridized carbons (Fsp3) is 0.650. The number of sulfonamides is 1. The van der Waals surface area contributed by atoms with Crippen LogP contribution in [0.25, 0.3) is 0 Å². The molecule has 152 valence electrons. The van der Waals surface area contributed by atoms with Gasteiger partial charge in [-0.15, -0.1) is 0 Å². The molecular formula is C20H33N3O3S. The first-order chi connectivity index (χ1) is 12.8. The molecule has 1 amide bonds. The molecule has 1 aliphatic carbocycles. The smallest absolute Gasteiger partial charge is 0.243 e. The minimum Gasteiger partial charge on any atom is -0.352 e. The highest BCUT2D eigenvalue weighted by Gasteiger charge is 2.23. The zero-order chi connectivity index (χ0) is 20.0. The maximum Gasteiger partial charge on any atom is 0.243 e. The van der Waals surface area contributed by atoms with Crippen molar-refractivity contribution in [2.75, 3.05) is 13.1 Å². The summed E-state index contributed by atoms with van der Waals surface area (Å²) in [5.74, 6) is 0.0227. The average Bonchev–Trinajstić information content (AvgIpc) is 3.15. The van der Waals surface area contributed by atoms with Gasteiger partial charge in [-0.1, -0.05) is 38.8 Å². The molecule has 2 atom stereocenters. The van der Waals surface area contributed by atoms with Gasteiger partial charge in [-0.05, 0) is 44.4 Å². The predicted molar refractivity (Wildman–Crippen MR) is 108 cm³/mol. The van der Waals surface area contributed by atoms with E-state index in [1.54, 1.807) is 12.1 Å². The van der Waals surface area contributed by atoms with Gasteiger partial charge in [-0.2, -0.15) is 4.31 Å². The molecule has 0 aliphatic heterocycles. The Balaban J connectivity index is 1.98. The Bertz CT molecular complexity index is 708. The molecule has 0 saturated heterocycles. The van der Waals surface area contributed by atoms with Crippen LogP contribution in [0.15, 0.2) is 29.2 Å². The number of amides is 1. The molecule has 2 rings (SSSR count). The van der Waals surface area contributed by atoms with Crippen molar-refractivity contribution in [1.82, 2.24) is 14.9 Å². The molecule has 0 aromatic heterocycles. The molecule has 0 unspecified atom stereocenters. The Morgan fingerprint density at radius 1 is 1.11 bits per heavy atom. The molecule has 0 spiro atoms. The van der Waals surface area contributed by atoms with Gasteiger partial charge in [0.05, 0.1) is 10.9 Å². The van der Waals surface area contributed by atoms with Crippen LogP contribution in [0.1, 0.15) is 65.0 Å². The van der Waals surface area contributed by atoms with Crippen molar-refractivity contribution in [2.45, 2.75) is 76.4 Å². The largest absolute Gasteiger partial charge is 0.352 e. The lowest BCUT2D eigenvalue weighted by molar-refractivity contribution is -0.123. The number of hydrogen-bond donors (Lipinski definition) is 2. The number of benzene rings is 1. The van der Waals surface area contributed by atoms with Gasteiger partial charge in [0, 0.05) is 25.2 Å². The molecule has 6 nitrogen and oxygen atoms in total. The fourth-order valence-corrected chi connectivity index (χ4v) is 5.04. The topological polar surface area (TPSA) is 78.5 Å². The van der Waals surface area contributed by atoms with Crippen LogP contribution in [-0.2, 0) is 14.8 Å². The number of nitrogens with zero attached hydrogens (tertiary/aromatic N) is 1. The van der Waals surface area contributed by atoms with Crippen LogP contribution in [0.2, 0.25) is 0 Å². The SMILES string of the molecule is CCN(CC)S(=O)(=O)c1ccc([C@H](C)N[C@H](C)C(=O)NC2CCCC2)cc1. The Morgan fingerprint density at radius 2 is 1.67 bits per heavy atom. The van der Waals surface area contributed by atoms with Crippen LogP contribution in [0.3, 0.4) is 0 Å². The molecule has 1 fully saturated rings. The Hall–Kier alpha value is -1.44. The third kappa shape index (κ3) is 5.53. The monoisotopic (exact) mass is 395 g/mol. The maximum atomic E-state index is 12.6. The number of nitrogens with one attached hydrogen (secondary N) is 2. The normalized spacial score (nSPS) is 17.8. The zero-order valence-electron chi connectivity index (χ0n) is 16.9. The van der Waals surface area contributed by atoms with Crippen molar-refractivity contribution in [3.8, 4) is 0 Å². The Kier molecular flexibility index (Phi) is 7.82. The number of carbonyl (C=O) groups is 1. The van der Waals surface area contributed by atoms with Crippen molar-refractivity contribution in [3.63, 3.8) is 0 Å². The van der Waals surface area contributed by atoms with Crippen molar-refractivity contribution in [3.05, 3.63) is 29.8 Å². The molecule has 1 aliphatic rings. The quantitative estimate of drug-likeness (QED) is 0.674. The molecule has 0 radical (unpaired) electrons. The number of hydrogen-bond acceptors (Lipinski definition) is 4. The molecular weight excluding hydrogens is 362 g/mol. The second-order valence-electron chi connectivity index (χ2n) is 7.26. The molecule has 7 heteroatoms. The summed E-state index contributed by atoms with van der Waals surface area (Å²) in [7, 11) is -3.44. The number of rotatable bonds is 9. The van der Waals surface area contributed by atoms with Crippen molar-refractivity contribution in [2.24, 2.45) is 0 Å². The first-order valence-corrected chi connectivity index (χ1v) is 11.4. The summed E-state index contributed by atoms with van der Waals surface area (Å²) in [6, 6.07) is 6.86. The summed E-state index contributed by atoms with van der Waals surface area (Å²) in [4.78, 5) is 12.6. The highest BCUT2D eigenvalue weighted by molar-refractivity contribution is 7.89. The third-order valence-electron chi connectivity index (χ3n) is 5.32. The lowest BCUT2D eigenvalue weighted by Crippen LogP contribution is -2.46.